The molecule has 0 bridgehead atoms. The normalized spacial score (nSPS) is 21.9. The molecule has 0 aromatic heterocycles. The Hall–Kier alpha value is -1.71. The van der Waals surface area contributed by atoms with E-state index in [0.717, 1.165) is 5.56 Å². The van der Waals surface area contributed by atoms with Crippen LogP contribution in [0, 0.1) is 10.1 Å². The van der Waals surface area contributed by atoms with Gasteiger partial charge in [-0.05, 0) is 18.6 Å². The van der Waals surface area contributed by atoms with Crippen molar-refractivity contribution >= 4 is 21.2 Å². The average molecular weight is 314 g/mol. The zero-order chi connectivity index (χ0) is 15.6. The second-order valence-electron chi connectivity index (χ2n) is 5.19. The van der Waals surface area contributed by atoms with Crippen molar-refractivity contribution < 1.29 is 13.3 Å². The van der Waals surface area contributed by atoms with Crippen molar-refractivity contribution in [1.82, 2.24) is 4.90 Å². The van der Waals surface area contributed by atoms with Gasteiger partial charge in [0.1, 0.15) is 5.69 Å². The maximum Gasteiger partial charge on any atom is 0.293 e. The first-order valence-corrected chi connectivity index (χ1v) is 8.33. The molecule has 2 rings (SSSR count). The van der Waals surface area contributed by atoms with Crippen LogP contribution in [-0.2, 0) is 16.4 Å². The first-order valence-electron chi connectivity index (χ1n) is 6.51. The number of nitrogens with two attached hydrogens (primary N) is 1. The summed E-state index contributed by atoms with van der Waals surface area (Å²) in [7, 11) is -2.95. The molecule has 8 nitrogen and oxygen atoms in total. The molecule has 1 saturated heterocycles. The first-order chi connectivity index (χ1) is 9.82. The number of nitrogens with one attached hydrogen (secondary N) is 1. The summed E-state index contributed by atoms with van der Waals surface area (Å²) in [6.45, 7) is 2.86. The summed E-state index contributed by atoms with van der Waals surface area (Å²) in [5.74, 6) is 5.59. The van der Waals surface area contributed by atoms with E-state index in [-0.39, 0.29) is 28.9 Å². The summed E-state index contributed by atoms with van der Waals surface area (Å²) in [6, 6.07) is 4.60. The largest absolute Gasteiger partial charge is 0.318 e. The molecule has 0 radical (unpaired) electrons. The van der Waals surface area contributed by atoms with Crippen LogP contribution >= 0.6 is 0 Å². The van der Waals surface area contributed by atoms with Crippen LogP contribution < -0.4 is 11.3 Å². The van der Waals surface area contributed by atoms with E-state index in [2.05, 4.69) is 5.43 Å². The van der Waals surface area contributed by atoms with Crippen LogP contribution in [-0.4, -0.2) is 42.3 Å². The molecule has 3 N–H and O–H groups in total. The number of hydrogen-bond donors (Lipinski definition) is 2. The van der Waals surface area contributed by atoms with E-state index in [1.54, 1.807) is 12.1 Å². The molecule has 1 unspecified atom stereocenters. The van der Waals surface area contributed by atoms with Crippen molar-refractivity contribution in [3.8, 4) is 0 Å². The van der Waals surface area contributed by atoms with Crippen LogP contribution in [0.1, 0.15) is 12.5 Å². The highest BCUT2D eigenvalue weighted by Crippen LogP contribution is 2.26. The monoisotopic (exact) mass is 314 g/mol. The van der Waals surface area contributed by atoms with Crippen LogP contribution in [0.4, 0.5) is 11.4 Å². The van der Waals surface area contributed by atoms with Crippen molar-refractivity contribution in [2.24, 2.45) is 5.84 Å². The van der Waals surface area contributed by atoms with E-state index in [9.17, 15) is 18.5 Å². The predicted molar refractivity (Wildman–Crippen MR) is 79.4 cm³/mol. The summed E-state index contributed by atoms with van der Waals surface area (Å²) >= 11 is 0. The molecule has 1 aliphatic rings. The van der Waals surface area contributed by atoms with E-state index in [0.29, 0.717) is 13.1 Å². The van der Waals surface area contributed by atoms with Gasteiger partial charge in [-0.15, -0.1) is 0 Å². The molecule has 1 atom stereocenters. The molecule has 9 heteroatoms. The molecular formula is C12H18N4O4S. The van der Waals surface area contributed by atoms with Gasteiger partial charge in [0.2, 0.25) is 0 Å². The molecule has 1 heterocycles. The SMILES string of the molecule is CC1CS(=O)(=O)CCN1Cc1ccc([N+](=O)[O-])c(NN)c1. The third kappa shape index (κ3) is 3.69. The van der Waals surface area contributed by atoms with Crippen LogP contribution in [0.2, 0.25) is 0 Å². The Bertz CT molecular complexity index is 647. The summed E-state index contributed by atoms with van der Waals surface area (Å²) in [5, 5.41) is 10.8. The molecule has 0 spiro atoms. The lowest BCUT2D eigenvalue weighted by atomic mass is 10.1. The van der Waals surface area contributed by atoms with Gasteiger partial charge in [0.25, 0.3) is 5.69 Å². The Morgan fingerprint density at radius 3 is 2.81 bits per heavy atom. The molecule has 0 saturated carbocycles. The van der Waals surface area contributed by atoms with Crippen molar-refractivity contribution in [2.75, 3.05) is 23.5 Å². The number of hydrogen-bond acceptors (Lipinski definition) is 7. The van der Waals surface area contributed by atoms with Crippen molar-refractivity contribution in [1.29, 1.82) is 0 Å². The van der Waals surface area contributed by atoms with Gasteiger partial charge in [-0.2, -0.15) is 0 Å². The summed E-state index contributed by atoms with van der Waals surface area (Å²) in [6.07, 6.45) is 0. The van der Waals surface area contributed by atoms with Crippen LogP contribution in [0.15, 0.2) is 18.2 Å². The fourth-order valence-electron chi connectivity index (χ4n) is 2.46. The highest BCUT2D eigenvalue weighted by Gasteiger charge is 2.28. The molecule has 0 aliphatic carbocycles. The van der Waals surface area contributed by atoms with E-state index in [1.165, 1.54) is 6.07 Å². The first kappa shape index (κ1) is 15.7. The second kappa shape index (κ2) is 5.96. The topological polar surface area (TPSA) is 119 Å². The van der Waals surface area contributed by atoms with Gasteiger partial charge in [-0.3, -0.25) is 20.9 Å². The lowest BCUT2D eigenvalue weighted by Gasteiger charge is -2.33. The average Bonchev–Trinajstić information content (AvgIpc) is 2.41. The van der Waals surface area contributed by atoms with E-state index < -0.39 is 14.8 Å². The number of benzene rings is 1. The quantitative estimate of drug-likeness (QED) is 0.472. The Labute approximate surface area is 123 Å². The number of nitrogens with zero attached hydrogens (tertiary/aromatic N) is 2. The van der Waals surface area contributed by atoms with Gasteiger partial charge < -0.3 is 5.43 Å². The van der Waals surface area contributed by atoms with Gasteiger partial charge in [-0.25, -0.2) is 8.42 Å². The highest BCUT2D eigenvalue weighted by molar-refractivity contribution is 7.91. The number of nitrogen functional groups attached to an aromatic ring is 1. The Kier molecular flexibility index (Phi) is 4.45. The Balaban J connectivity index is 2.15. The van der Waals surface area contributed by atoms with E-state index in [1.807, 2.05) is 11.8 Å². The summed E-state index contributed by atoms with van der Waals surface area (Å²) < 4.78 is 23.1. The number of anilines is 1. The molecular weight excluding hydrogens is 296 g/mol. The summed E-state index contributed by atoms with van der Waals surface area (Å²) in [4.78, 5) is 12.4. The number of rotatable bonds is 4. The maximum atomic E-state index is 11.6. The number of nitro groups is 1. The van der Waals surface area contributed by atoms with Gasteiger partial charge in [0, 0.05) is 25.2 Å². The zero-order valence-corrected chi connectivity index (χ0v) is 12.5. The molecule has 21 heavy (non-hydrogen) atoms. The van der Waals surface area contributed by atoms with Crippen molar-refractivity contribution in [3.63, 3.8) is 0 Å². The number of hydrazine groups is 1. The Morgan fingerprint density at radius 1 is 1.52 bits per heavy atom. The molecule has 1 aromatic rings. The third-order valence-corrected chi connectivity index (χ3v) is 5.40. The fourth-order valence-corrected chi connectivity index (χ4v) is 4.08. The van der Waals surface area contributed by atoms with Gasteiger partial charge in [-0.1, -0.05) is 6.07 Å². The van der Waals surface area contributed by atoms with E-state index in [4.69, 9.17) is 5.84 Å². The highest BCUT2D eigenvalue weighted by atomic mass is 32.2. The molecule has 1 aliphatic heterocycles. The Morgan fingerprint density at radius 2 is 2.24 bits per heavy atom. The lowest BCUT2D eigenvalue weighted by molar-refractivity contribution is -0.384. The standard InChI is InChI=1S/C12H18N4O4S/c1-9-8-21(19,20)5-4-15(9)7-10-2-3-12(16(17)18)11(6-10)14-13/h2-3,6,9,14H,4-5,7-8,13H2,1H3. The minimum absolute atomic E-state index is 0.0757. The lowest BCUT2D eigenvalue weighted by Crippen LogP contribution is -2.46. The number of nitro benzene ring substituents is 1. The molecule has 116 valence electrons. The molecule has 1 aromatic carbocycles. The van der Waals surface area contributed by atoms with Crippen molar-refractivity contribution in [2.45, 2.75) is 19.5 Å². The zero-order valence-electron chi connectivity index (χ0n) is 11.7. The maximum absolute atomic E-state index is 11.6. The molecule has 1 fully saturated rings. The smallest absolute Gasteiger partial charge is 0.293 e. The summed E-state index contributed by atoms with van der Waals surface area (Å²) in [5.41, 5.74) is 3.33. The van der Waals surface area contributed by atoms with Crippen LogP contribution in [0.25, 0.3) is 0 Å². The minimum atomic E-state index is -2.95. The minimum Gasteiger partial charge on any atom is -0.318 e. The third-order valence-electron chi connectivity index (χ3n) is 3.61. The number of sulfone groups is 1. The predicted octanol–water partition coefficient (Wildman–Crippen LogP) is 0.499. The fraction of sp³-hybridized carbons (Fsp3) is 0.500. The van der Waals surface area contributed by atoms with Gasteiger partial charge in [0.15, 0.2) is 9.84 Å². The van der Waals surface area contributed by atoms with Gasteiger partial charge >= 0.3 is 0 Å². The van der Waals surface area contributed by atoms with Crippen molar-refractivity contribution in [3.05, 3.63) is 33.9 Å². The molecule has 0 amide bonds. The van der Waals surface area contributed by atoms with E-state index >= 15 is 0 Å². The van der Waals surface area contributed by atoms with Crippen LogP contribution in [0.5, 0.6) is 0 Å². The second-order valence-corrected chi connectivity index (χ2v) is 7.42. The van der Waals surface area contributed by atoms with Crippen LogP contribution in [0.3, 0.4) is 0 Å². The van der Waals surface area contributed by atoms with Gasteiger partial charge in [0.05, 0.1) is 16.4 Å².